The quantitative estimate of drug-likeness (QED) is 0.784. The van der Waals surface area contributed by atoms with Gasteiger partial charge in [-0.05, 0) is 30.6 Å². The van der Waals surface area contributed by atoms with Gasteiger partial charge in [0.15, 0.2) is 5.78 Å². The van der Waals surface area contributed by atoms with Crippen molar-refractivity contribution < 1.29 is 14.6 Å². The van der Waals surface area contributed by atoms with E-state index in [1.807, 2.05) is 0 Å². The Hall–Kier alpha value is -0.410. The minimum absolute atomic E-state index is 0.0648. The number of ether oxygens (including phenoxy) is 1. The summed E-state index contributed by atoms with van der Waals surface area (Å²) in [5.74, 6) is 0.421. The highest BCUT2D eigenvalue weighted by Crippen LogP contribution is 2.42. The van der Waals surface area contributed by atoms with Crippen molar-refractivity contribution in [2.45, 2.75) is 52.6 Å². The van der Waals surface area contributed by atoms with Crippen molar-refractivity contribution in [3.63, 3.8) is 0 Å². The van der Waals surface area contributed by atoms with Gasteiger partial charge < -0.3 is 9.84 Å². The van der Waals surface area contributed by atoms with Crippen LogP contribution in [0.4, 0.5) is 0 Å². The minimum Gasteiger partial charge on any atom is -0.388 e. The van der Waals surface area contributed by atoms with Crippen LogP contribution in [0.1, 0.15) is 46.5 Å². The van der Waals surface area contributed by atoms with Gasteiger partial charge in [-0.3, -0.25) is 4.79 Å². The molecule has 3 heteroatoms. The topological polar surface area (TPSA) is 46.5 Å². The number of carbonyl (C=O) groups excluding carboxylic acids is 1. The molecule has 0 aromatic rings. The van der Waals surface area contributed by atoms with Crippen LogP contribution in [0.2, 0.25) is 0 Å². The Labute approximate surface area is 98.2 Å². The van der Waals surface area contributed by atoms with E-state index in [4.69, 9.17) is 9.84 Å². The Morgan fingerprint density at radius 3 is 2.81 bits per heavy atom. The molecule has 0 radical (unpaired) electrons. The molecule has 1 aliphatic carbocycles. The number of aliphatic hydroxyl groups is 1. The summed E-state index contributed by atoms with van der Waals surface area (Å²) in [6.07, 6.45) is 4.69. The SMILES string of the molecule is CC(C)C1(C)CCCC(OCC(=O)CO)C1. The Morgan fingerprint density at radius 2 is 2.25 bits per heavy atom. The highest BCUT2D eigenvalue weighted by molar-refractivity contribution is 5.80. The Balaban J connectivity index is 2.42. The van der Waals surface area contributed by atoms with Crippen LogP contribution in [0.25, 0.3) is 0 Å². The molecule has 1 rings (SSSR count). The third-order valence-electron chi connectivity index (χ3n) is 4.02. The van der Waals surface area contributed by atoms with E-state index >= 15 is 0 Å². The zero-order valence-electron chi connectivity index (χ0n) is 10.7. The summed E-state index contributed by atoms with van der Waals surface area (Å²) in [6, 6.07) is 0. The van der Waals surface area contributed by atoms with Crippen LogP contribution in [-0.4, -0.2) is 30.2 Å². The summed E-state index contributed by atoms with van der Waals surface area (Å²) in [4.78, 5) is 11.0. The van der Waals surface area contributed by atoms with E-state index in [9.17, 15) is 4.79 Å². The van der Waals surface area contributed by atoms with Gasteiger partial charge in [-0.25, -0.2) is 0 Å². The van der Waals surface area contributed by atoms with Crippen LogP contribution in [-0.2, 0) is 9.53 Å². The molecule has 0 aliphatic heterocycles. The number of rotatable bonds is 5. The molecule has 2 unspecified atom stereocenters. The molecule has 1 saturated carbocycles. The predicted octanol–water partition coefficient (Wildman–Crippen LogP) is 2.17. The van der Waals surface area contributed by atoms with E-state index in [1.165, 1.54) is 12.8 Å². The van der Waals surface area contributed by atoms with Gasteiger partial charge in [0.25, 0.3) is 0 Å². The summed E-state index contributed by atoms with van der Waals surface area (Å²) in [5.41, 5.74) is 0.338. The van der Waals surface area contributed by atoms with E-state index in [0.29, 0.717) is 11.3 Å². The summed E-state index contributed by atoms with van der Waals surface area (Å²) >= 11 is 0. The summed E-state index contributed by atoms with van der Waals surface area (Å²) in [5, 5.41) is 8.63. The van der Waals surface area contributed by atoms with Gasteiger partial charge >= 0.3 is 0 Å². The van der Waals surface area contributed by atoms with E-state index in [-0.39, 0.29) is 18.5 Å². The lowest BCUT2D eigenvalue weighted by Gasteiger charge is -2.41. The lowest BCUT2D eigenvalue weighted by atomic mass is 9.67. The number of aliphatic hydroxyl groups excluding tert-OH is 1. The Bertz CT molecular complexity index is 237. The molecule has 2 atom stereocenters. The normalized spacial score (nSPS) is 30.7. The average molecular weight is 228 g/mol. The second-order valence-corrected chi connectivity index (χ2v) is 5.53. The van der Waals surface area contributed by atoms with Gasteiger partial charge in [-0.2, -0.15) is 0 Å². The second-order valence-electron chi connectivity index (χ2n) is 5.53. The fourth-order valence-electron chi connectivity index (χ4n) is 2.38. The van der Waals surface area contributed by atoms with Gasteiger partial charge in [-0.1, -0.05) is 27.2 Å². The average Bonchev–Trinajstić information content (AvgIpc) is 2.26. The largest absolute Gasteiger partial charge is 0.388 e. The lowest BCUT2D eigenvalue weighted by Crippen LogP contribution is -2.35. The van der Waals surface area contributed by atoms with Crippen molar-refractivity contribution in [3.8, 4) is 0 Å². The second kappa shape index (κ2) is 5.78. The van der Waals surface area contributed by atoms with Crippen molar-refractivity contribution >= 4 is 5.78 Å². The summed E-state index contributed by atoms with van der Waals surface area (Å²) < 4.78 is 5.57. The molecule has 0 saturated heterocycles. The number of Topliss-reactive ketones (excluding diaryl/α,β-unsaturated/α-hetero) is 1. The molecule has 1 fully saturated rings. The Kier molecular flexibility index (Phi) is 4.93. The predicted molar refractivity (Wildman–Crippen MR) is 63.2 cm³/mol. The third-order valence-corrected chi connectivity index (χ3v) is 4.02. The van der Waals surface area contributed by atoms with E-state index in [0.717, 1.165) is 12.8 Å². The zero-order chi connectivity index (χ0) is 12.2. The molecule has 1 N–H and O–H groups in total. The maximum absolute atomic E-state index is 11.0. The van der Waals surface area contributed by atoms with Gasteiger partial charge in [-0.15, -0.1) is 0 Å². The first-order valence-electron chi connectivity index (χ1n) is 6.22. The van der Waals surface area contributed by atoms with Crippen molar-refractivity contribution in [3.05, 3.63) is 0 Å². The number of hydrogen-bond acceptors (Lipinski definition) is 3. The summed E-state index contributed by atoms with van der Waals surface area (Å²) in [6.45, 7) is 6.47. The molecular formula is C13H24O3. The highest BCUT2D eigenvalue weighted by Gasteiger charge is 2.35. The lowest BCUT2D eigenvalue weighted by molar-refractivity contribution is -0.130. The molecule has 3 nitrogen and oxygen atoms in total. The van der Waals surface area contributed by atoms with Crippen LogP contribution in [0.3, 0.4) is 0 Å². The van der Waals surface area contributed by atoms with E-state index in [2.05, 4.69) is 20.8 Å². The molecule has 0 aromatic carbocycles. The first-order valence-corrected chi connectivity index (χ1v) is 6.22. The third kappa shape index (κ3) is 3.56. The molecule has 0 aromatic heterocycles. The van der Waals surface area contributed by atoms with E-state index < -0.39 is 6.61 Å². The van der Waals surface area contributed by atoms with Crippen LogP contribution in [0.5, 0.6) is 0 Å². The van der Waals surface area contributed by atoms with Gasteiger partial charge in [0.2, 0.25) is 0 Å². The van der Waals surface area contributed by atoms with Gasteiger partial charge in [0.1, 0.15) is 13.2 Å². The standard InChI is InChI=1S/C13H24O3/c1-10(2)13(3)6-4-5-12(7-13)16-9-11(15)8-14/h10,12,14H,4-9H2,1-3H3. The fourth-order valence-corrected chi connectivity index (χ4v) is 2.38. The smallest absolute Gasteiger partial charge is 0.183 e. The first-order chi connectivity index (χ1) is 7.48. The molecular weight excluding hydrogens is 204 g/mol. The van der Waals surface area contributed by atoms with Crippen LogP contribution < -0.4 is 0 Å². The van der Waals surface area contributed by atoms with Crippen LogP contribution in [0, 0.1) is 11.3 Å². The maximum Gasteiger partial charge on any atom is 0.183 e. The molecule has 94 valence electrons. The van der Waals surface area contributed by atoms with Crippen LogP contribution >= 0.6 is 0 Å². The number of ketones is 1. The summed E-state index contributed by atoms with van der Waals surface area (Å²) in [7, 11) is 0. The minimum atomic E-state index is -0.409. The zero-order valence-corrected chi connectivity index (χ0v) is 10.7. The van der Waals surface area contributed by atoms with Crippen molar-refractivity contribution in [2.75, 3.05) is 13.2 Å². The van der Waals surface area contributed by atoms with Gasteiger partial charge in [0.05, 0.1) is 6.10 Å². The van der Waals surface area contributed by atoms with Crippen LogP contribution in [0.15, 0.2) is 0 Å². The van der Waals surface area contributed by atoms with Crippen molar-refractivity contribution in [2.24, 2.45) is 11.3 Å². The Morgan fingerprint density at radius 1 is 1.56 bits per heavy atom. The monoisotopic (exact) mass is 228 g/mol. The molecule has 0 spiro atoms. The molecule has 0 heterocycles. The van der Waals surface area contributed by atoms with Crippen molar-refractivity contribution in [1.29, 1.82) is 0 Å². The fraction of sp³-hybridized carbons (Fsp3) is 0.923. The molecule has 16 heavy (non-hydrogen) atoms. The highest BCUT2D eigenvalue weighted by atomic mass is 16.5. The maximum atomic E-state index is 11.0. The number of carbonyl (C=O) groups is 1. The van der Waals surface area contributed by atoms with Crippen molar-refractivity contribution in [1.82, 2.24) is 0 Å². The molecule has 1 aliphatic rings. The van der Waals surface area contributed by atoms with Gasteiger partial charge in [0, 0.05) is 0 Å². The molecule has 0 bridgehead atoms. The van der Waals surface area contributed by atoms with E-state index in [1.54, 1.807) is 0 Å². The molecule has 0 amide bonds. The number of hydrogen-bond donors (Lipinski definition) is 1. The first kappa shape index (κ1) is 13.7.